The molecule has 2 saturated heterocycles. The van der Waals surface area contributed by atoms with Crippen LogP contribution in [0.15, 0.2) is 64.7 Å². The Labute approximate surface area is 296 Å². The molecule has 2 amide bonds. The van der Waals surface area contributed by atoms with Crippen LogP contribution in [-0.2, 0) is 25.7 Å². The van der Waals surface area contributed by atoms with Gasteiger partial charge in [-0.05, 0) is 44.0 Å². The van der Waals surface area contributed by atoms with Crippen molar-refractivity contribution < 1.29 is 69.1 Å². The van der Waals surface area contributed by atoms with Crippen LogP contribution in [0.4, 0.5) is 10.1 Å². The summed E-state index contributed by atoms with van der Waals surface area (Å²) < 4.78 is 27.6. The molecule has 4 heterocycles. The average Bonchev–Trinajstić information content (AvgIpc) is 3.60. The zero-order chi connectivity index (χ0) is 32.5. The number of amides is 2. The minimum Gasteiger partial charge on any atom is -1.00 e. The van der Waals surface area contributed by atoms with E-state index in [1.807, 2.05) is 11.8 Å². The summed E-state index contributed by atoms with van der Waals surface area (Å²) >= 11 is 1.21. The molecule has 0 bridgehead atoms. The fourth-order valence-corrected chi connectivity index (χ4v) is 7.24. The summed E-state index contributed by atoms with van der Waals surface area (Å²) in [6.45, 7) is 2.85. The number of fused-ring (bicyclic) bond motifs is 2. The Hall–Kier alpha value is -3.85. The van der Waals surface area contributed by atoms with Crippen LogP contribution in [0, 0.1) is 5.82 Å². The van der Waals surface area contributed by atoms with Crippen molar-refractivity contribution in [3.63, 3.8) is 0 Å². The number of thioether (sulfide) groups is 1. The number of rotatable bonds is 10. The number of carbonyl (C=O) groups is 4. The number of aryl methyl sites for hydroxylation is 1. The van der Waals surface area contributed by atoms with E-state index in [0.29, 0.717) is 23.5 Å². The fraction of sp³-hybridized carbons (Fsp3) is 0.344. The number of benzene rings is 2. The molecule has 0 spiro atoms. The smallest absolute Gasteiger partial charge is 1.00 e. The minimum absolute atomic E-state index is 0. The van der Waals surface area contributed by atoms with E-state index >= 15 is 4.39 Å². The number of para-hydroxylation sites is 1. The minimum atomic E-state index is -1.40. The topological polar surface area (TPSA) is 147 Å². The molecule has 0 radical (unpaired) electrons. The van der Waals surface area contributed by atoms with Gasteiger partial charge in [0.15, 0.2) is 6.61 Å². The number of aliphatic carboxylic acids is 1. The molecule has 47 heavy (non-hydrogen) atoms. The van der Waals surface area contributed by atoms with E-state index in [1.54, 1.807) is 41.0 Å². The van der Waals surface area contributed by atoms with Crippen molar-refractivity contribution in [1.82, 2.24) is 14.8 Å². The third-order valence-corrected chi connectivity index (χ3v) is 9.55. The van der Waals surface area contributed by atoms with Crippen molar-refractivity contribution in [1.29, 1.82) is 0 Å². The van der Waals surface area contributed by atoms with Gasteiger partial charge >= 0.3 is 41.5 Å². The third kappa shape index (κ3) is 6.77. The number of hydrogen-bond acceptors (Lipinski definition) is 9. The molecule has 2 N–H and O–H groups in total. The van der Waals surface area contributed by atoms with E-state index < -0.39 is 53.0 Å². The molecule has 0 saturated carbocycles. The molecule has 2 fully saturated rings. The van der Waals surface area contributed by atoms with E-state index in [9.17, 15) is 29.1 Å². The number of pyridine rings is 1. The van der Waals surface area contributed by atoms with Crippen molar-refractivity contribution >= 4 is 52.1 Å². The molecule has 0 aliphatic carbocycles. The molecule has 15 heteroatoms. The van der Waals surface area contributed by atoms with Crippen molar-refractivity contribution in [2.75, 3.05) is 37.0 Å². The van der Waals surface area contributed by atoms with Crippen LogP contribution in [0.5, 0.6) is 5.75 Å². The first kappa shape index (κ1) is 34.5. The zero-order valence-corrected chi connectivity index (χ0v) is 28.7. The molecular weight excluding hydrogens is 642 g/mol. The standard InChI is InChI=1S/C32H31FN4O8S.Na.H/c1-2-35-14-21(28(39)20-12-22(33)24(13-23(20)35)36-10-6-7-11-36)32(43)45-15-18-17-46-30-26(29(40)37(30)27(18)31(41)42)34-25(38)16-44-19-8-4-3-5-9-19;;/h3-5,8-9,12-14,26,30H,2,6-7,10-11,15-17H2,1H3,(H,34,38)(H,41,42);;/q;+1;-1/t26?,30-;;/m1../s1. The predicted octanol–water partition coefficient (Wildman–Crippen LogP) is -0.148. The van der Waals surface area contributed by atoms with Gasteiger partial charge in [0.2, 0.25) is 5.43 Å². The normalized spacial score (nSPS) is 18.7. The summed E-state index contributed by atoms with van der Waals surface area (Å²) in [7, 11) is 0. The largest absolute Gasteiger partial charge is 1.00 e. The van der Waals surface area contributed by atoms with E-state index in [0.717, 1.165) is 36.9 Å². The van der Waals surface area contributed by atoms with Gasteiger partial charge in [0.05, 0.1) is 11.2 Å². The number of ether oxygens (including phenoxy) is 2. The molecule has 1 aromatic heterocycles. The zero-order valence-electron chi connectivity index (χ0n) is 26.9. The summed E-state index contributed by atoms with van der Waals surface area (Å²) in [4.78, 5) is 67.1. The van der Waals surface area contributed by atoms with Crippen LogP contribution in [0.1, 0.15) is 31.6 Å². The Morgan fingerprint density at radius 2 is 1.85 bits per heavy atom. The van der Waals surface area contributed by atoms with Gasteiger partial charge in [-0.2, -0.15) is 0 Å². The SMILES string of the molecule is CCn1cc(C(=O)OCC2=C(C(=O)O)N3C(=O)C(NC(=O)COc4ccccc4)[C@H]3SC2)c(=O)c2cc(F)c(N3CCCC3)cc21.[H-].[Na+]. The molecule has 3 aliphatic heterocycles. The summed E-state index contributed by atoms with van der Waals surface area (Å²) in [5.41, 5.74) is -0.301. The summed E-state index contributed by atoms with van der Waals surface area (Å²) in [6.07, 6.45) is 3.27. The van der Waals surface area contributed by atoms with Gasteiger partial charge in [0.1, 0.15) is 40.8 Å². The van der Waals surface area contributed by atoms with Gasteiger partial charge in [-0.25, -0.2) is 14.0 Å². The second-order valence-corrected chi connectivity index (χ2v) is 12.2. The Morgan fingerprint density at radius 1 is 1.13 bits per heavy atom. The number of carboxylic acids is 1. The van der Waals surface area contributed by atoms with E-state index in [1.165, 1.54) is 18.0 Å². The number of halogens is 1. The van der Waals surface area contributed by atoms with Crippen LogP contribution < -0.4 is 49.9 Å². The first-order valence-corrected chi connectivity index (χ1v) is 15.9. The second kappa shape index (κ2) is 14.5. The Bertz CT molecular complexity index is 1840. The first-order chi connectivity index (χ1) is 22.2. The van der Waals surface area contributed by atoms with E-state index in [-0.39, 0.29) is 65.6 Å². The number of esters is 1. The summed E-state index contributed by atoms with van der Waals surface area (Å²) in [5, 5.41) is 11.9. The summed E-state index contributed by atoms with van der Waals surface area (Å²) in [5.74, 6) is -3.53. The molecule has 2 atom stereocenters. The van der Waals surface area contributed by atoms with Crippen molar-refractivity contribution in [2.45, 2.75) is 37.7 Å². The van der Waals surface area contributed by atoms with Crippen LogP contribution in [0.25, 0.3) is 10.9 Å². The van der Waals surface area contributed by atoms with Gasteiger partial charge in [-0.3, -0.25) is 19.3 Å². The van der Waals surface area contributed by atoms with Crippen LogP contribution in [0.3, 0.4) is 0 Å². The molecule has 3 aromatic rings. The number of hydrogen-bond donors (Lipinski definition) is 2. The number of aromatic nitrogens is 1. The molecule has 3 aliphatic rings. The molecule has 2 aromatic carbocycles. The quantitative estimate of drug-likeness (QED) is 0.169. The van der Waals surface area contributed by atoms with Gasteiger partial charge in [0.25, 0.3) is 11.8 Å². The van der Waals surface area contributed by atoms with Crippen LogP contribution in [0.2, 0.25) is 0 Å². The van der Waals surface area contributed by atoms with Crippen molar-refractivity contribution in [3.8, 4) is 5.75 Å². The van der Waals surface area contributed by atoms with Gasteiger partial charge < -0.3 is 30.8 Å². The van der Waals surface area contributed by atoms with Crippen LogP contribution in [-0.4, -0.2) is 81.8 Å². The maximum atomic E-state index is 15.1. The number of carboxylic acid groups (broad SMARTS) is 1. The van der Waals surface area contributed by atoms with Gasteiger partial charge in [-0.1, -0.05) is 18.2 Å². The van der Waals surface area contributed by atoms with Crippen molar-refractivity contribution in [3.05, 3.63) is 81.5 Å². The average molecular weight is 675 g/mol. The molecule has 6 rings (SSSR count). The number of anilines is 1. The van der Waals surface area contributed by atoms with Gasteiger partial charge in [-0.15, -0.1) is 11.8 Å². The maximum Gasteiger partial charge on any atom is 1.00 e. The first-order valence-electron chi connectivity index (χ1n) is 14.8. The van der Waals surface area contributed by atoms with Crippen molar-refractivity contribution in [2.24, 2.45) is 0 Å². The Morgan fingerprint density at radius 3 is 2.53 bits per heavy atom. The van der Waals surface area contributed by atoms with Gasteiger partial charge in [0, 0.05) is 42.5 Å². The summed E-state index contributed by atoms with van der Waals surface area (Å²) in [6, 6.07) is 10.5. The maximum absolute atomic E-state index is 15.1. The number of nitrogens with zero attached hydrogens (tertiary/aromatic N) is 3. The molecule has 1 unspecified atom stereocenters. The molecular formula is C32H32FN4NaO8S. The fourth-order valence-electron chi connectivity index (χ4n) is 5.91. The second-order valence-electron chi connectivity index (χ2n) is 11.1. The Kier molecular flexibility index (Phi) is 10.6. The predicted molar refractivity (Wildman–Crippen MR) is 168 cm³/mol. The number of nitrogens with one attached hydrogen (secondary N) is 1. The van der Waals surface area contributed by atoms with Crippen LogP contribution >= 0.6 is 11.8 Å². The molecule has 242 valence electrons. The molecule has 12 nitrogen and oxygen atoms in total. The van der Waals surface area contributed by atoms with E-state index in [4.69, 9.17) is 9.47 Å². The Balaban J connectivity index is 0.00000260. The third-order valence-electron chi connectivity index (χ3n) is 8.21. The number of β-lactam (4-membered cyclic amide) rings is 1. The van der Waals surface area contributed by atoms with E-state index in [2.05, 4.69) is 5.32 Å². The monoisotopic (exact) mass is 674 g/mol. The number of carbonyl (C=O) groups excluding carboxylic acids is 3.